The van der Waals surface area contributed by atoms with Gasteiger partial charge in [-0.25, -0.2) is 4.79 Å². The topological polar surface area (TPSA) is 91.3 Å². The van der Waals surface area contributed by atoms with E-state index in [0.29, 0.717) is 16.9 Å². The molecule has 0 aliphatic rings. The molecule has 1 amide bonds. The normalized spacial score (nSPS) is 11.0. The van der Waals surface area contributed by atoms with Crippen LogP contribution < -0.4 is 10.6 Å². The van der Waals surface area contributed by atoms with Crippen LogP contribution in [0.4, 0.5) is 30.2 Å². The molecule has 3 aromatic rings. The number of carbonyl (C=O) groups excluding carboxylic acids is 1. The number of anilines is 3. The highest BCUT2D eigenvalue weighted by Gasteiger charge is 2.32. The van der Waals surface area contributed by atoms with Crippen molar-refractivity contribution in [3.05, 3.63) is 83.7 Å². The van der Waals surface area contributed by atoms with E-state index in [1.54, 1.807) is 12.1 Å². The molecule has 3 rings (SSSR count). The SMILES string of the molecule is O=C(O)c1ccc(NC(=O)c2ccc(Nc3ccnc(C(F)(F)F)c3)cc2)cc1. The van der Waals surface area contributed by atoms with Crippen molar-refractivity contribution in [2.24, 2.45) is 0 Å². The number of nitrogens with zero attached hydrogens (tertiary/aromatic N) is 1. The molecule has 3 N–H and O–H groups in total. The Balaban J connectivity index is 1.66. The number of rotatable bonds is 5. The zero-order chi connectivity index (χ0) is 21.0. The number of amides is 1. The summed E-state index contributed by atoms with van der Waals surface area (Å²) in [4.78, 5) is 26.4. The second-order valence-electron chi connectivity index (χ2n) is 5.97. The lowest BCUT2D eigenvalue weighted by Gasteiger charge is -2.10. The van der Waals surface area contributed by atoms with Crippen molar-refractivity contribution in [3.8, 4) is 0 Å². The van der Waals surface area contributed by atoms with Gasteiger partial charge in [-0.2, -0.15) is 13.2 Å². The lowest BCUT2D eigenvalue weighted by molar-refractivity contribution is -0.141. The molecule has 6 nitrogen and oxygen atoms in total. The van der Waals surface area contributed by atoms with E-state index >= 15 is 0 Å². The summed E-state index contributed by atoms with van der Waals surface area (Å²) in [5.74, 6) is -1.48. The fraction of sp³-hybridized carbons (Fsp3) is 0.0500. The van der Waals surface area contributed by atoms with E-state index in [4.69, 9.17) is 5.11 Å². The molecule has 1 heterocycles. The van der Waals surface area contributed by atoms with Gasteiger partial charge in [0.2, 0.25) is 0 Å². The summed E-state index contributed by atoms with van der Waals surface area (Å²) < 4.78 is 38.2. The summed E-state index contributed by atoms with van der Waals surface area (Å²) in [7, 11) is 0. The number of hydrogen-bond donors (Lipinski definition) is 3. The predicted molar refractivity (Wildman–Crippen MR) is 100 cm³/mol. The first-order chi connectivity index (χ1) is 13.7. The molecule has 0 bridgehead atoms. The number of carboxylic acids is 1. The van der Waals surface area contributed by atoms with Gasteiger partial charge in [0.25, 0.3) is 5.91 Å². The Labute approximate surface area is 163 Å². The monoisotopic (exact) mass is 401 g/mol. The highest BCUT2D eigenvalue weighted by molar-refractivity contribution is 6.04. The number of benzene rings is 2. The van der Waals surface area contributed by atoms with Crippen molar-refractivity contribution in [3.63, 3.8) is 0 Å². The van der Waals surface area contributed by atoms with Crippen molar-refractivity contribution in [2.75, 3.05) is 10.6 Å². The van der Waals surface area contributed by atoms with E-state index in [2.05, 4.69) is 15.6 Å². The Morgan fingerprint density at radius 3 is 2.00 bits per heavy atom. The summed E-state index contributed by atoms with van der Waals surface area (Å²) in [5.41, 5.74) is 0.549. The first kappa shape index (κ1) is 19.9. The smallest absolute Gasteiger partial charge is 0.433 e. The van der Waals surface area contributed by atoms with Crippen LogP contribution in [0.1, 0.15) is 26.4 Å². The number of nitrogens with one attached hydrogen (secondary N) is 2. The predicted octanol–water partition coefficient (Wildman–Crippen LogP) is 4.79. The molecule has 0 spiro atoms. The van der Waals surface area contributed by atoms with Crippen molar-refractivity contribution in [2.45, 2.75) is 6.18 Å². The number of aromatic nitrogens is 1. The minimum atomic E-state index is -4.54. The van der Waals surface area contributed by atoms with E-state index in [1.807, 2.05) is 0 Å². The molecule has 9 heteroatoms. The van der Waals surface area contributed by atoms with Gasteiger partial charge in [0.05, 0.1) is 5.56 Å². The molecule has 0 radical (unpaired) electrons. The molecule has 2 aromatic carbocycles. The minimum Gasteiger partial charge on any atom is -0.478 e. The summed E-state index contributed by atoms with van der Waals surface area (Å²) in [6.45, 7) is 0. The number of hydrogen-bond acceptors (Lipinski definition) is 4. The van der Waals surface area contributed by atoms with E-state index in [1.165, 1.54) is 42.5 Å². The van der Waals surface area contributed by atoms with Crippen molar-refractivity contribution in [1.82, 2.24) is 4.98 Å². The van der Waals surface area contributed by atoms with Crippen molar-refractivity contribution >= 4 is 28.9 Å². The molecule has 0 atom stereocenters. The zero-order valence-electron chi connectivity index (χ0n) is 14.7. The number of halogens is 3. The largest absolute Gasteiger partial charge is 0.478 e. The Morgan fingerprint density at radius 2 is 1.41 bits per heavy atom. The molecule has 0 saturated heterocycles. The van der Waals surface area contributed by atoms with Crippen LogP contribution in [0.25, 0.3) is 0 Å². The maximum Gasteiger partial charge on any atom is 0.433 e. The maximum atomic E-state index is 12.7. The fourth-order valence-corrected chi connectivity index (χ4v) is 2.43. The zero-order valence-corrected chi connectivity index (χ0v) is 14.7. The van der Waals surface area contributed by atoms with Crippen LogP contribution in [0.15, 0.2) is 66.9 Å². The van der Waals surface area contributed by atoms with Gasteiger partial charge in [0, 0.05) is 28.8 Å². The molecule has 0 aliphatic carbocycles. The van der Waals surface area contributed by atoms with E-state index in [0.717, 1.165) is 12.3 Å². The van der Waals surface area contributed by atoms with Crippen LogP contribution in [-0.4, -0.2) is 22.0 Å². The van der Waals surface area contributed by atoms with Gasteiger partial charge >= 0.3 is 12.1 Å². The number of carboxylic acid groups (broad SMARTS) is 1. The number of aromatic carboxylic acids is 1. The quantitative estimate of drug-likeness (QED) is 0.572. The molecular formula is C20H14F3N3O3. The van der Waals surface area contributed by atoms with Gasteiger partial charge in [-0.15, -0.1) is 0 Å². The van der Waals surface area contributed by atoms with Crippen LogP contribution in [0.5, 0.6) is 0 Å². The summed E-state index contributed by atoms with van der Waals surface area (Å²) in [5, 5.41) is 14.3. The average Bonchev–Trinajstić information content (AvgIpc) is 2.68. The van der Waals surface area contributed by atoms with Crippen molar-refractivity contribution < 1.29 is 27.9 Å². The van der Waals surface area contributed by atoms with Gasteiger partial charge in [0.1, 0.15) is 5.69 Å². The summed E-state index contributed by atoms with van der Waals surface area (Å²) >= 11 is 0. The second kappa shape index (κ2) is 8.01. The number of pyridine rings is 1. The second-order valence-corrected chi connectivity index (χ2v) is 5.97. The van der Waals surface area contributed by atoms with E-state index in [9.17, 15) is 22.8 Å². The third-order valence-corrected chi connectivity index (χ3v) is 3.88. The third-order valence-electron chi connectivity index (χ3n) is 3.88. The highest BCUT2D eigenvalue weighted by atomic mass is 19.4. The Kier molecular flexibility index (Phi) is 5.49. The molecule has 0 unspecified atom stereocenters. The standard InChI is InChI=1S/C20H14F3N3O3/c21-20(22,23)17-11-16(9-10-24-17)25-14-5-1-12(2-6-14)18(27)26-15-7-3-13(4-8-15)19(28)29/h1-11H,(H,24,25)(H,26,27)(H,28,29). The van der Waals surface area contributed by atoms with Crippen LogP contribution in [-0.2, 0) is 6.18 Å². The molecule has 148 valence electrons. The van der Waals surface area contributed by atoms with Gasteiger partial charge in [-0.05, 0) is 60.7 Å². The minimum absolute atomic E-state index is 0.100. The van der Waals surface area contributed by atoms with Gasteiger partial charge in [-0.1, -0.05) is 0 Å². The molecule has 0 aliphatic heterocycles. The lowest BCUT2D eigenvalue weighted by Crippen LogP contribution is -2.12. The third kappa shape index (κ3) is 5.10. The Bertz CT molecular complexity index is 1030. The molecule has 29 heavy (non-hydrogen) atoms. The number of carbonyl (C=O) groups is 2. The van der Waals surface area contributed by atoms with E-state index in [-0.39, 0.29) is 11.3 Å². The first-order valence-electron chi connectivity index (χ1n) is 8.27. The highest BCUT2D eigenvalue weighted by Crippen LogP contribution is 2.29. The Morgan fingerprint density at radius 1 is 0.828 bits per heavy atom. The molecule has 0 fully saturated rings. The lowest BCUT2D eigenvalue weighted by atomic mass is 10.1. The van der Waals surface area contributed by atoms with Crippen LogP contribution in [0.3, 0.4) is 0 Å². The van der Waals surface area contributed by atoms with Crippen LogP contribution in [0, 0.1) is 0 Å². The molecule has 0 saturated carbocycles. The Hall–Kier alpha value is -3.88. The average molecular weight is 401 g/mol. The summed E-state index contributed by atoms with van der Waals surface area (Å²) in [6.07, 6.45) is -3.48. The molecular weight excluding hydrogens is 387 g/mol. The summed E-state index contributed by atoms with van der Waals surface area (Å²) in [6, 6.07) is 14.1. The first-order valence-corrected chi connectivity index (χ1v) is 8.27. The number of alkyl halides is 3. The van der Waals surface area contributed by atoms with Crippen LogP contribution in [0.2, 0.25) is 0 Å². The van der Waals surface area contributed by atoms with Gasteiger partial charge < -0.3 is 15.7 Å². The maximum absolute atomic E-state index is 12.7. The van der Waals surface area contributed by atoms with Gasteiger partial charge in [0.15, 0.2) is 0 Å². The van der Waals surface area contributed by atoms with Gasteiger partial charge in [-0.3, -0.25) is 9.78 Å². The van der Waals surface area contributed by atoms with Crippen LogP contribution >= 0.6 is 0 Å². The van der Waals surface area contributed by atoms with E-state index < -0.39 is 23.7 Å². The fourth-order valence-electron chi connectivity index (χ4n) is 2.43. The van der Waals surface area contributed by atoms with Crippen molar-refractivity contribution in [1.29, 1.82) is 0 Å². The molecule has 1 aromatic heterocycles.